The number of anilines is 1. The maximum Gasteiger partial charge on any atom is 0.335 e. The molecule has 0 radical (unpaired) electrons. The average Bonchev–Trinajstić information content (AvgIpc) is 2.39. The zero-order chi connectivity index (χ0) is 14.7. The zero-order valence-electron chi connectivity index (χ0n) is 10.7. The van der Waals surface area contributed by atoms with Crippen LogP contribution in [0.25, 0.3) is 0 Å². The summed E-state index contributed by atoms with van der Waals surface area (Å²) in [4.78, 5) is 14.8. The fourth-order valence-corrected chi connectivity index (χ4v) is 1.74. The van der Waals surface area contributed by atoms with Crippen molar-refractivity contribution in [2.75, 3.05) is 5.32 Å². The van der Waals surface area contributed by atoms with Crippen LogP contribution < -0.4 is 5.32 Å². The van der Waals surface area contributed by atoms with Gasteiger partial charge in [0.15, 0.2) is 0 Å². The van der Waals surface area contributed by atoms with E-state index in [0.717, 1.165) is 17.7 Å². The molecule has 0 aliphatic carbocycles. The van der Waals surface area contributed by atoms with Crippen LogP contribution in [-0.2, 0) is 6.54 Å². The van der Waals surface area contributed by atoms with Gasteiger partial charge in [-0.25, -0.2) is 13.6 Å². The summed E-state index contributed by atoms with van der Waals surface area (Å²) < 4.78 is 27.4. The topological polar surface area (TPSA) is 62.2 Å². The first-order valence-electron chi connectivity index (χ1n) is 5.85. The molecule has 1 heterocycles. The third kappa shape index (κ3) is 2.90. The third-order valence-corrected chi connectivity index (χ3v) is 2.84. The van der Waals surface area contributed by atoms with Gasteiger partial charge in [0.05, 0.1) is 17.8 Å². The van der Waals surface area contributed by atoms with E-state index in [0.29, 0.717) is 5.69 Å². The average molecular weight is 278 g/mol. The van der Waals surface area contributed by atoms with Crippen molar-refractivity contribution in [2.45, 2.75) is 13.5 Å². The Bertz CT molecular complexity index is 636. The SMILES string of the molecule is Cc1cccnc1CNc1c(F)cc(C(=O)O)cc1F. The van der Waals surface area contributed by atoms with E-state index >= 15 is 0 Å². The molecule has 0 spiro atoms. The number of rotatable bonds is 4. The van der Waals surface area contributed by atoms with E-state index in [4.69, 9.17) is 5.11 Å². The molecule has 0 bridgehead atoms. The van der Waals surface area contributed by atoms with Crippen LogP contribution in [0, 0.1) is 18.6 Å². The molecule has 0 aliphatic rings. The van der Waals surface area contributed by atoms with Gasteiger partial charge in [-0.2, -0.15) is 0 Å². The molecule has 2 rings (SSSR count). The largest absolute Gasteiger partial charge is 0.478 e. The van der Waals surface area contributed by atoms with E-state index in [-0.39, 0.29) is 12.2 Å². The maximum absolute atomic E-state index is 13.7. The lowest BCUT2D eigenvalue weighted by atomic mass is 10.1. The van der Waals surface area contributed by atoms with Gasteiger partial charge in [-0.15, -0.1) is 0 Å². The number of aromatic carboxylic acids is 1. The van der Waals surface area contributed by atoms with Crippen molar-refractivity contribution < 1.29 is 18.7 Å². The van der Waals surface area contributed by atoms with Crippen LogP contribution in [0.5, 0.6) is 0 Å². The Morgan fingerprint density at radius 2 is 2.00 bits per heavy atom. The van der Waals surface area contributed by atoms with Crippen molar-refractivity contribution in [1.82, 2.24) is 4.98 Å². The van der Waals surface area contributed by atoms with Crippen molar-refractivity contribution in [3.05, 3.63) is 58.9 Å². The predicted molar refractivity (Wildman–Crippen MR) is 69.6 cm³/mol. The molecule has 0 amide bonds. The van der Waals surface area contributed by atoms with Crippen LogP contribution in [0.4, 0.5) is 14.5 Å². The molecule has 2 N–H and O–H groups in total. The number of halogens is 2. The highest BCUT2D eigenvalue weighted by Gasteiger charge is 2.14. The minimum Gasteiger partial charge on any atom is -0.478 e. The van der Waals surface area contributed by atoms with Gasteiger partial charge in [0.25, 0.3) is 0 Å². The molecule has 104 valence electrons. The smallest absolute Gasteiger partial charge is 0.335 e. The molecule has 0 saturated carbocycles. The first kappa shape index (κ1) is 13.9. The fourth-order valence-electron chi connectivity index (χ4n) is 1.74. The molecule has 1 aromatic carbocycles. The predicted octanol–water partition coefficient (Wildman–Crippen LogP) is 2.98. The van der Waals surface area contributed by atoms with Crippen LogP contribution in [0.3, 0.4) is 0 Å². The number of nitrogens with one attached hydrogen (secondary N) is 1. The highest BCUT2D eigenvalue weighted by molar-refractivity contribution is 5.88. The Labute approximate surface area is 114 Å². The monoisotopic (exact) mass is 278 g/mol. The van der Waals surface area contributed by atoms with Gasteiger partial charge in [0.2, 0.25) is 0 Å². The number of aryl methyl sites for hydroxylation is 1. The van der Waals surface area contributed by atoms with Gasteiger partial charge >= 0.3 is 5.97 Å². The molecule has 4 nitrogen and oxygen atoms in total. The van der Waals surface area contributed by atoms with Crippen molar-refractivity contribution in [3.63, 3.8) is 0 Å². The number of hydrogen-bond donors (Lipinski definition) is 2. The number of benzene rings is 1. The molecule has 2 aromatic rings. The van der Waals surface area contributed by atoms with Gasteiger partial charge < -0.3 is 10.4 Å². The van der Waals surface area contributed by atoms with E-state index in [9.17, 15) is 13.6 Å². The number of hydrogen-bond acceptors (Lipinski definition) is 3. The van der Waals surface area contributed by atoms with Crippen LogP contribution >= 0.6 is 0 Å². The van der Waals surface area contributed by atoms with Crippen molar-refractivity contribution in [1.29, 1.82) is 0 Å². The molecule has 6 heteroatoms. The molecule has 0 fully saturated rings. The number of carboxylic acid groups (broad SMARTS) is 1. The highest BCUT2D eigenvalue weighted by atomic mass is 19.1. The quantitative estimate of drug-likeness (QED) is 0.902. The Morgan fingerprint density at radius 1 is 1.35 bits per heavy atom. The van der Waals surface area contributed by atoms with E-state index in [2.05, 4.69) is 10.3 Å². The number of nitrogens with zero attached hydrogens (tertiary/aromatic N) is 1. The molecular weight excluding hydrogens is 266 g/mol. The Morgan fingerprint density at radius 3 is 2.55 bits per heavy atom. The van der Waals surface area contributed by atoms with E-state index in [1.165, 1.54) is 0 Å². The lowest BCUT2D eigenvalue weighted by Crippen LogP contribution is -2.08. The number of carboxylic acids is 1. The van der Waals surface area contributed by atoms with Crippen molar-refractivity contribution in [3.8, 4) is 0 Å². The second-order valence-corrected chi connectivity index (χ2v) is 4.24. The summed E-state index contributed by atoms with van der Waals surface area (Å²) in [6.45, 7) is 1.98. The molecule has 0 aliphatic heterocycles. The van der Waals surface area contributed by atoms with Crippen molar-refractivity contribution in [2.24, 2.45) is 0 Å². The summed E-state index contributed by atoms with van der Waals surface area (Å²) in [7, 11) is 0. The summed E-state index contributed by atoms with van der Waals surface area (Å²) >= 11 is 0. The lowest BCUT2D eigenvalue weighted by molar-refractivity contribution is 0.0696. The summed E-state index contributed by atoms with van der Waals surface area (Å²) in [5, 5.41) is 11.3. The van der Waals surface area contributed by atoms with Crippen LogP contribution in [-0.4, -0.2) is 16.1 Å². The summed E-state index contributed by atoms with van der Waals surface area (Å²) in [6.07, 6.45) is 1.59. The minimum atomic E-state index is -1.38. The molecule has 0 saturated heterocycles. The van der Waals surface area contributed by atoms with Gasteiger partial charge in [0, 0.05) is 6.20 Å². The van der Waals surface area contributed by atoms with Gasteiger partial charge in [0.1, 0.15) is 17.3 Å². The second kappa shape index (κ2) is 5.64. The molecule has 0 atom stereocenters. The van der Waals surface area contributed by atoms with Gasteiger partial charge in [-0.3, -0.25) is 4.98 Å². The number of carbonyl (C=O) groups is 1. The van der Waals surface area contributed by atoms with E-state index in [1.807, 2.05) is 13.0 Å². The van der Waals surface area contributed by atoms with E-state index in [1.54, 1.807) is 12.3 Å². The molecule has 20 heavy (non-hydrogen) atoms. The minimum absolute atomic E-state index is 0.146. The van der Waals surface area contributed by atoms with Crippen LogP contribution in [0.15, 0.2) is 30.5 Å². The lowest BCUT2D eigenvalue weighted by Gasteiger charge is -2.10. The Kier molecular flexibility index (Phi) is 3.93. The molecule has 0 unspecified atom stereocenters. The van der Waals surface area contributed by atoms with Gasteiger partial charge in [-0.1, -0.05) is 6.07 Å². The molecule has 1 aromatic heterocycles. The maximum atomic E-state index is 13.7. The standard InChI is InChI=1S/C14H12F2N2O2/c1-8-3-2-4-17-12(8)7-18-13-10(15)5-9(14(19)20)6-11(13)16/h2-6,18H,7H2,1H3,(H,19,20). The van der Waals surface area contributed by atoms with Crippen LogP contribution in [0.1, 0.15) is 21.6 Å². The summed E-state index contributed by atoms with van der Waals surface area (Å²) in [5.41, 5.74) is 0.760. The molecular formula is C14H12F2N2O2. The third-order valence-electron chi connectivity index (χ3n) is 2.84. The number of pyridine rings is 1. The highest BCUT2D eigenvalue weighted by Crippen LogP contribution is 2.21. The Balaban J connectivity index is 2.22. The summed E-state index contributed by atoms with van der Waals surface area (Å²) in [5.74, 6) is -3.28. The number of aromatic nitrogens is 1. The van der Waals surface area contributed by atoms with Crippen LogP contribution in [0.2, 0.25) is 0 Å². The fraction of sp³-hybridized carbons (Fsp3) is 0.143. The Hall–Kier alpha value is -2.50. The summed E-state index contributed by atoms with van der Waals surface area (Å²) in [6, 6.07) is 5.16. The van der Waals surface area contributed by atoms with Gasteiger partial charge in [-0.05, 0) is 30.7 Å². The first-order chi connectivity index (χ1) is 9.49. The zero-order valence-corrected chi connectivity index (χ0v) is 10.7. The second-order valence-electron chi connectivity index (χ2n) is 4.24. The van der Waals surface area contributed by atoms with E-state index < -0.39 is 23.2 Å². The normalized spacial score (nSPS) is 10.3. The first-order valence-corrected chi connectivity index (χ1v) is 5.85. The van der Waals surface area contributed by atoms with Crippen molar-refractivity contribution >= 4 is 11.7 Å².